The van der Waals surface area contributed by atoms with E-state index in [9.17, 15) is 49.2 Å². The number of likely N-dealkylation sites (tertiary alicyclic amines) is 3. The number of nitrogens with two attached hydrogens (primary N) is 2. The quantitative estimate of drug-likeness (QED) is 0.0819. The molecule has 3 saturated carbocycles. The van der Waals surface area contributed by atoms with Crippen molar-refractivity contribution < 1.29 is 49.0 Å². The van der Waals surface area contributed by atoms with Crippen LogP contribution >= 0.6 is 0 Å². The number of phenolic OH excluding ortho intramolecular Hbond substituents is 1. The highest BCUT2D eigenvalue weighted by atomic mass is 16.5. The number of ether oxygens (including phenoxy) is 3. The lowest BCUT2D eigenvalue weighted by molar-refractivity contribution is -0.152. The minimum absolute atomic E-state index is 0.00477. The van der Waals surface area contributed by atoms with Crippen LogP contribution in [-0.4, -0.2) is 163 Å². The molecule has 21 nitrogen and oxygen atoms in total. The van der Waals surface area contributed by atoms with Crippen molar-refractivity contribution in [1.82, 2.24) is 29.7 Å². The van der Waals surface area contributed by atoms with E-state index >= 15 is 0 Å². The fraction of sp³-hybridized carbons (Fsp3) is 0.520. The maximum Gasteiger partial charge on any atom is 0.343 e. The zero-order valence-corrected chi connectivity index (χ0v) is 54.8. The van der Waals surface area contributed by atoms with E-state index in [1.54, 1.807) is 44.6 Å². The molecule has 3 saturated heterocycles. The van der Waals surface area contributed by atoms with Gasteiger partial charge in [-0.15, -0.1) is 0 Å². The highest BCUT2D eigenvalue weighted by Crippen LogP contribution is 2.61. The molecule has 6 heterocycles. The number of rotatable bonds is 11. The number of aromatic nitrogens is 3. The van der Waals surface area contributed by atoms with Gasteiger partial charge in [-0.3, -0.25) is 38.7 Å². The number of esters is 1. The Kier molecular flexibility index (Phi) is 14.8. The van der Waals surface area contributed by atoms with E-state index in [2.05, 4.69) is 53.9 Å². The molecule has 6 bridgehead atoms. The molecule has 2 amide bonds. The molecule has 3 aromatic heterocycles. The second kappa shape index (κ2) is 22.6. The number of pyridine rings is 3. The second-order valence-electron chi connectivity index (χ2n) is 30.5. The molecule has 6 fully saturated rings. The van der Waals surface area contributed by atoms with E-state index in [4.69, 9.17) is 25.7 Å². The van der Waals surface area contributed by atoms with E-state index in [1.165, 1.54) is 56.8 Å². The van der Waals surface area contributed by atoms with E-state index in [0.717, 1.165) is 157 Å². The third-order valence-corrected chi connectivity index (χ3v) is 25.4. The van der Waals surface area contributed by atoms with Gasteiger partial charge in [0.2, 0.25) is 0 Å². The summed E-state index contributed by atoms with van der Waals surface area (Å²) >= 11 is 0. The van der Waals surface area contributed by atoms with Gasteiger partial charge in [0.25, 0.3) is 28.5 Å². The van der Waals surface area contributed by atoms with Crippen molar-refractivity contribution in [3.8, 4) is 17.2 Å². The highest BCUT2D eigenvalue weighted by Gasteiger charge is 2.68. The van der Waals surface area contributed by atoms with Crippen LogP contribution in [0.15, 0.2) is 87.2 Å². The number of aromatic hydroxyl groups is 1. The first-order valence-corrected chi connectivity index (χ1v) is 34.5. The van der Waals surface area contributed by atoms with Gasteiger partial charge in [-0.05, 0) is 219 Å². The number of aromatic amines is 3. The number of nitrogens with zero attached hydrogens (tertiary/aromatic N) is 3. The monoisotopic (exact) mass is 1310 g/mol. The molecule has 504 valence electrons. The van der Waals surface area contributed by atoms with Gasteiger partial charge < -0.3 is 61.1 Å². The van der Waals surface area contributed by atoms with Gasteiger partial charge in [0.15, 0.2) is 0 Å². The van der Waals surface area contributed by atoms with Crippen LogP contribution in [0.2, 0.25) is 0 Å². The number of primary amides is 2. The summed E-state index contributed by atoms with van der Waals surface area (Å²) in [5.41, 5.74) is 16.4. The van der Waals surface area contributed by atoms with Crippen molar-refractivity contribution >= 4 is 17.8 Å². The van der Waals surface area contributed by atoms with Crippen molar-refractivity contribution in [2.24, 2.45) is 29.2 Å². The van der Waals surface area contributed by atoms with Crippen LogP contribution in [-0.2, 0) is 78.8 Å². The summed E-state index contributed by atoms with van der Waals surface area (Å²) in [6.45, 7) is 5.80. The molecule has 11 N–H and O–H groups in total. The first kappa shape index (κ1) is 62.9. The summed E-state index contributed by atoms with van der Waals surface area (Å²) < 4.78 is 15.9. The van der Waals surface area contributed by atoms with Crippen LogP contribution in [0, 0.1) is 17.8 Å². The van der Waals surface area contributed by atoms with Gasteiger partial charge in [0, 0.05) is 110 Å². The number of fused-ring (bicyclic) bond motifs is 6. The Labute approximate surface area is 555 Å². The average Bonchev–Trinajstić information content (AvgIpc) is 0.786. The number of phenols is 1. The van der Waals surface area contributed by atoms with Crippen LogP contribution in [0.25, 0.3) is 0 Å². The second-order valence-corrected chi connectivity index (χ2v) is 30.5. The number of aliphatic hydroxyl groups is 3. The zero-order chi connectivity index (χ0) is 66.8. The molecule has 96 heavy (non-hydrogen) atoms. The summed E-state index contributed by atoms with van der Waals surface area (Å²) in [5.74, 6) is 1.78. The molecule has 18 rings (SSSR count). The van der Waals surface area contributed by atoms with Crippen molar-refractivity contribution in [3.63, 3.8) is 0 Å². The summed E-state index contributed by atoms with van der Waals surface area (Å²) in [4.78, 5) is 89.6. The van der Waals surface area contributed by atoms with Gasteiger partial charge in [-0.25, -0.2) is 4.79 Å². The topological polar surface area (TPSA) is 320 Å². The number of benzene rings is 3. The fourth-order valence-electron chi connectivity index (χ4n) is 20.0. The lowest BCUT2D eigenvalue weighted by Gasteiger charge is -2.63. The standard InChI is InChI=1S/C26H30N2O5.C25H29N3O4.C24H27N3O4/c1-32-18-6-5-16-10-22-26(31)12-17-9-19(24(30)33-2)23(29)27-21(17)13-25(26,20(16)11-18)7-8-28(22)14-15-3-4-15;1-32-17-5-4-15-9-21-25(31)11-16-8-18(22(26)29)23(30)27-20(16)12-24(25,19(15)10-17)6-7-28(21)13-14-2-3-14;25-21(29)17-7-15-10-24(31)20-8-14-3-4-16(28)9-18(14)23(24,11-19(15)26-22(17)30)5-6-27(20)12-13-1-2-13/h5-6,9,11,15,22,31H,3-4,7-8,10,12-14H2,1-2H3,(H,27,29);4-5,8,10,14,21,31H,2-3,6-7,9,11-13H2,1H3,(H2,26,29)(H,27,30);3-4,7,9,13,20,28,31H,1-2,5-6,8,10-12H2,(H2,25,29)(H,26,30)/t22-,25-,26-;21-,24-,25-;20-,23-,24-/m111/s1. The normalized spacial score (nSPS) is 30.8. The molecule has 3 aromatic carbocycles. The Bertz CT molecular complexity index is 4440. The van der Waals surface area contributed by atoms with Crippen molar-refractivity contribution in [2.75, 3.05) is 60.6 Å². The van der Waals surface area contributed by atoms with Crippen LogP contribution < -0.4 is 37.6 Å². The molecule has 12 aliphatic rings. The Balaban J connectivity index is 0.000000113. The maximum atomic E-state index is 12.7. The molecule has 9 aliphatic carbocycles. The smallest absolute Gasteiger partial charge is 0.343 e. The van der Waals surface area contributed by atoms with Gasteiger partial charge >= 0.3 is 5.97 Å². The van der Waals surface area contributed by atoms with Crippen LogP contribution in [0.5, 0.6) is 17.2 Å². The van der Waals surface area contributed by atoms with Gasteiger partial charge in [-0.1, -0.05) is 18.2 Å². The van der Waals surface area contributed by atoms with Crippen molar-refractivity contribution in [3.05, 3.63) is 188 Å². The van der Waals surface area contributed by atoms with Gasteiger partial charge in [0.1, 0.15) is 33.9 Å². The first-order chi connectivity index (χ1) is 46.0. The number of carbonyl (C=O) groups is 3. The average molecular weight is 1310 g/mol. The number of amides is 2. The van der Waals surface area contributed by atoms with Crippen molar-refractivity contribution in [2.45, 2.75) is 167 Å². The molecule has 0 spiro atoms. The van der Waals surface area contributed by atoms with Crippen LogP contribution in [0.4, 0.5) is 0 Å². The Morgan fingerprint density at radius 1 is 0.469 bits per heavy atom. The third kappa shape index (κ3) is 9.73. The minimum atomic E-state index is -1.05. The number of H-pyrrole nitrogens is 3. The number of carbonyl (C=O) groups excluding carboxylic acids is 3. The lowest BCUT2D eigenvalue weighted by Crippen LogP contribution is -2.74. The fourth-order valence-corrected chi connectivity index (χ4v) is 20.0. The van der Waals surface area contributed by atoms with E-state index in [-0.39, 0.29) is 40.6 Å². The van der Waals surface area contributed by atoms with Crippen molar-refractivity contribution in [1.29, 1.82) is 0 Å². The Morgan fingerprint density at radius 3 is 1.14 bits per heavy atom. The third-order valence-electron chi connectivity index (χ3n) is 25.4. The van der Waals surface area contributed by atoms with Gasteiger partial charge in [-0.2, -0.15) is 0 Å². The SMILES string of the molecule is COC(=O)c1cc2c([nH]c1=O)C[C@]13CCN(CC4CC4)[C@H](Cc4ccc(OC)cc41)[C@]3(O)C2.COc1ccc2c(c1)[C@]13CCN(CC4CC4)[C@H](C2)[C@]1(O)Cc1cc(C(N)=O)c(=O)[nH]c1C3.NC(=O)c1cc2c([nH]c1=O)C[C@]13CCN(CC4CC4)[C@H](Cc4ccc(O)cc41)[C@]3(O)C2. The molecule has 21 heteroatoms. The van der Waals surface area contributed by atoms with E-state index in [1.807, 2.05) is 18.2 Å². The van der Waals surface area contributed by atoms with E-state index in [0.29, 0.717) is 44.4 Å². The molecular weight excluding hydrogens is 1220 g/mol. The Morgan fingerprint density at radius 2 is 0.802 bits per heavy atom. The molecule has 3 aliphatic heterocycles. The van der Waals surface area contributed by atoms with Gasteiger partial charge in [0.05, 0.1) is 38.1 Å². The number of hydrogen-bond acceptors (Lipinski definition) is 16. The minimum Gasteiger partial charge on any atom is -0.508 e. The zero-order valence-electron chi connectivity index (χ0n) is 54.8. The predicted octanol–water partition coefficient (Wildman–Crippen LogP) is 4.26. The number of nitrogens with one attached hydrogen (secondary N) is 3. The van der Waals surface area contributed by atoms with Crippen LogP contribution in [0.3, 0.4) is 0 Å². The first-order valence-electron chi connectivity index (χ1n) is 34.5. The number of hydrogen-bond donors (Lipinski definition) is 9. The number of methoxy groups -OCH3 is 3. The molecule has 0 radical (unpaired) electrons. The van der Waals surface area contributed by atoms with Crippen LogP contribution in [0.1, 0.15) is 156 Å². The highest BCUT2D eigenvalue weighted by molar-refractivity contribution is 5.93. The summed E-state index contributed by atoms with van der Waals surface area (Å²) in [6.07, 6.45) is 14.9. The summed E-state index contributed by atoms with van der Waals surface area (Å²) in [5, 5.41) is 47.8. The molecular formula is C75H86N8O13. The molecule has 6 aromatic rings. The number of piperidine rings is 3. The molecule has 0 unspecified atom stereocenters. The molecule has 9 atom stereocenters. The largest absolute Gasteiger partial charge is 0.508 e. The summed E-state index contributed by atoms with van der Waals surface area (Å²) in [6, 6.07) is 22.7. The predicted molar refractivity (Wildman–Crippen MR) is 355 cm³/mol. The Hall–Kier alpha value is -7.92. The van der Waals surface area contributed by atoms with E-state index < -0.39 is 67.5 Å². The maximum absolute atomic E-state index is 12.7. The summed E-state index contributed by atoms with van der Waals surface area (Å²) in [7, 11) is 4.60. The lowest BCUT2D eigenvalue weighted by atomic mass is 9.49.